The summed E-state index contributed by atoms with van der Waals surface area (Å²) < 4.78 is 9.04. The number of carbonyl (C=O) groups excluding carboxylic acids is 2. The number of alkyl halides is 2. The van der Waals surface area contributed by atoms with E-state index in [1.54, 1.807) is 36.4 Å². The molecule has 6 rings (SSSR count). The Morgan fingerprint density at radius 1 is 1.00 bits per heavy atom. The van der Waals surface area contributed by atoms with Crippen molar-refractivity contribution in [3.05, 3.63) is 95.2 Å². The zero-order valence-electron chi connectivity index (χ0n) is 20.9. The van der Waals surface area contributed by atoms with Gasteiger partial charge in [0.05, 0.1) is 29.9 Å². The van der Waals surface area contributed by atoms with Crippen molar-refractivity contribution in [2.45, 2.75) is 34.7 Å². The summed E-state index contributed by atoms with van der Waals surface area (Å²) in [6.07, 6.45) is 1.34. The average Bonchev–Trinajstić information content (AvgIpc) is 3.22. The number of fused-ring (bicyclic) bond motifs is 4. The van der Waals surface area contributed by atoms with E-state index in [9.17, 15) is 24.3 Å². The number of hydrogen-bond acceptors (Lipinski definition) is 6. The fraction of sp³-hybridized carbons (Fsp3) is 0.259. The number of ketones is 2. The van der Waals surface area contributed by atoms with Crippen LogP contribution in [0.25, 0.3) is 5.69 Å². The maximum Gasteiger partial charge on any atom is 0.352 e. The lowest BCUT2D eigenvalue weighted by molar-refractivity contribution is -0.128. The quantitative estimate of drug-likeness (QED) is 0.312. The van der Waals surface area contributed by atoms with Crippen LogP contribution in [-0.2, 0) is 16.1 Å². The van der Waals surface area contributed by atoms with Crippen LogP contribution in [0.3, 0.4) is 0 Å². The van der Waals surface area contributed by atoms with Gasteiger partial charge in [-0.3, -0.25) is 9.59 Å². The highest BCUT2D eigenvalue weighted by Gasteiger charge is 2.71. The van der Waals surface area contributed by atoms with Crippen LogP contribution in [0.4, 0.5) is 0 Å². The second kappa shape index (κ2) is 9.64. The van der Waals surface area contributed by atoms with E-state index in [1.807, 2.05) is 0 Å². The molecule has 0 unspecified atom stereocenters. The summed E-state index contributed by atoms with van der Waals surface area (Å²) in [6.45, 7) is -0.0403. The summed E-state index contributed by atoms with van der Waals surface area (Å²) in [4.78, 5) is 50.6. The number of phenols is 1. The van der Waals surface area contributed by atoms with Crippen LogP contribution in [0, 0.1) is 0 Å². The highest BCUT2D eigenvalue weighted by molar-refractivity contribution is 9.10. The number of aromatic hydroxyl groups is 1. The van der Waals surface area contributed by atoms with Gasteiger partial charge in [0.1, 0.15) is 19.8 Å². The van der Waals surface area contributed by atoms with E-state index in [-0.39, 0.29) is 28.9 Å². The Hall–Kier alpha value is -2.76. The summed E-state index contributed by atoms with van der Waals surface area (Å²) in [7, 11) is 1.34. The summed E-state index contributed by atoms with van der Waals surface area (Å²) in [5.41, 5.74) is -0.131. The first-order chi connectivity index (χ1) is 19.4. The van der Waals surface area contributed by atoms with Crippen LogP contribution in [0.1, 0.15) is 23.9 Å². The van der Waals surface area contributed by atoms with Gasteiger partial charge < -0.3 is 9.84 Å². The third-order valence-corrected chi connectivity index (χ3v) is 10.8. The first kappa shape index (κ1) is 28.4. The van der Waals surface area contributed by atoms with E-state index in [1.165, 1.54) is 28.6 Å². The van der Waals surface area contributed by atoms with Crippen LogP contribution in [0.5, 0.6) is 11.5 Å². The smallest absolute Gasteiger partial charge is 0.352 e. The Morgan fingerprint density at radius 2 is 1.66 bits per heavy atom. The number of Topliss-reactive ketones (excluding diaryl/α,β-unsaturated/α-hetero) is 2. The Bertz CT molecular complexity index is 1860. The van der Waals surface area contributed by atoms with E-state index >= 15 is 0 Å². The van der Waals surface area contributed by atoms with Gasteiger partial charge >= 0.3 is 11.4 Å². The number of halogens is 5. The van der Waals surface area contributed by atoms with E-state index in [0.29, 0.717) is 16.8 Å². The Labute approximate surface area is 260 Å². The molecule has 0 radical (unpaired) electrons. The predicted molar refractivity (Wildman–Crippen MR) is 157 cm³/mol. The van der Waals surface area contributed by atoms with E-state index < -0.39 is 54.7 Å². The molecule has 2 aromatic carbocycles. The fourth-order valence-corrected chi connectivity index (χ4v) is 8.04. The monoisotopic (exact) mass is 699 g/mol. The maximum absolute atomic E-state index is 13.9. The maximum atomic E-state index is 13.9. The molecule has 3 aliphatic rings. The molecule has 4 atom stereocenters. The topological polar surface area (TPSA) is 113 Å². The minimum atomic E-state index is -2.20. The van der Waals surface area contributed by atoms with E-state index in [4.69, 9.17) is 51.1 Å². The highest BCUT2D eigenvalue weighted by atomic mass is 79.9. The molecule has 2 aliphatic carbocycles. The molecule has 0 amide bonds. The molecule has 0 bridgehead atoms. The number of rotatable bonds is 3. The van der Waals surface area contributed by atoms with E-state index in [0.717, 1.165) is 4.57 Å². The lowest BCUT2D eigenvalue weighted by Gasteiger charge is -2.54. The zero-order chi connectivity index (χ0) is 29.6. The SMILES string of the molecule is COc1cc([C@H]2C3=CCn4c(=O)n(-c5ccccc5)c(=O)n4[C@@H]3C[C@@]3(Cl)C(=O)C(Cl)=C(Cl)C(=O)[C@@]23Cl)cc(Br)c1O. The molecule has 41 heavy (non-hydrogen) atoms. The largest absolute Gasteiger partial charge is 0.503 e. The Balaban J connectivity index is 1.66. The first-order valence-electron chi connectivity index (χ1n) is 12.2. The number of nitrogens with zero attached hydrogens (tertiary/aromatic N) is 3. The minimum absolute atomic E-state index is 0.0403. The minimum Gasteiger partial charge on any atom is -0.503 e. The predicted octanol–water partition coefficient (Wildman–Crippen LogP) is 4.74. The van der Waals surface area contributed by atoms with Crippen molar-refractivity contribution in [2.24, 2.45) is 0 Å². The molecule has 1 fully saturated rings. The van der Waals surface area contributed by atoms with Gasteiger partial charge in [0.25, 0.3) is 0 Å². The zero-order valence-corrected chi connectivity index (χ0v) is 25.5. The lowest BCUT2D eigenvalue weighted by atomic mass is 9.59. The molecule has 2 heterocycles. The number of carbonyl (C=O) groups is 2. The van der Waals surface area contributed by atoms with Crippen molar-refractivity contribution < 1.29 is 19.4 Å². The fourth-order valence-electron chi connectivity index (χ4n) is 6.06. The number of methoxy groups -OCH3 is 1. The van der Waals surface area contributed by atoms with Gasteiger partial charge in [-0.1, -0.05) is 47.5 Å². The standard InChI is InChI=1S/C27H18BrCl4N3O6/c1-41-17-10-12(9-15(28)21(17)36)18-14-7-8-33-24(39)34(13-5-3-2-4-6-13)25(40)35(33)16(14)11-26(31)22(37)19(29)20(30)23(38)27(18,26)32/h2-7,9-10,16,18,36H,8,11H2,1H3/t16-,18+,26-,27+/m1/s1. The van der Waals surface area contributed by atoms with Crippen molar-refractivity contribution in [1.82, 2.24) is 13.9 Å². The molecule has 1 N–H and O–H groups in total. The molecule has 1 saturated carbocycles. The molecular formula is C27H18BrCl4N3O6. The number of ether oxygens (including phenoxy) is 1. The summed E-state index contributed by atoms with van der Waals surface area (Å²) in [6, 6.07) is 10.4. The van der Waals surface area contributed by atoms with Gasteiger partial charge in [-0.25, -0.2) is 23.5 Å². The van der Waals surface area contributed by atoms with Crippen molar-refractivity contribution in [1.29, 1.82) is 0 Å². The average molecular weight is 702 g/mol. The molecule has 1 aliphatic heterocycles. The van der Waals surface area contributed by atoms with Crippen molar-refractivity contribution in [2.75, 3.05) is 7.11 Å². The van der Waals surface area contributed by atoms with Crippen molar-refractivity contribution in [3.63, 3.8) is 0 Å². The number of phenolic OH excluding ortho intramolecular Hbond substituents is 1. The van der Waals surface area contributed by atoms with Gasteiger partial charge in [0, 0.05) is 12.3 Å². The van der Waals surface area contributed by atoms with Gasteiger partial charge in [-0.15, -0.1) is 23.2 Å². The van der Waals surface area contributed by atoms with Crippen LogP contribution < -0.4 is 16.1 Å². The van der Waals surface area contributed by atoms with Gasteiger partial charge in [-0.05, 0) is 51.3 Å². The third kappa shape index (κ3) is 3.67. The van der Waals surface area contributed by atoms with Crippen molar-refractivity contribution in [3.8, 4) is 17.2 Å². The highest BCUT2D eigenvalue weighted by Crippen LogP contribution is 2.64. The summed E-state index contributed by atoms with van der Waals surface area (Å²) >= 11 is 30.1. The molecule has 3 aromatic rings. The number of hydrogen-bond donors (Lipinski definition) is 1. The molecule has 9 nitrogen and oxygen atoms in total. The third-order valence-electron chi connectivity index (χ3n) is 7.92. The summed E-state index contributed by atoms with van der Waals surface area (Å²) in [5.74, 6) is -3.09. The van der Waals surface area contributed by atoms with Gasteiger partial charge in [-0.2, -0.15) is 0 Å². The Kier molecular flexibility index (Phi) is 6.67. The second-order valence-electron chi connectivity index (χ2n) is 9.87. The molecular weight excluding hydrogens is 684 g/mol. The lowest BCUT2D eigenvalue weighted by Crippen LogP contribution is -2.67. The van der Waals surface area contributed by atoms with Crippen LogP contribution >= 0.6 is 62.3 Å². The van der Waals surface area contributed by atoms with Gasteiger partial charge in [0.2, 0.25) is 0 Å². The first-order valence-corrected chi connectivity index (χ1v) is 14.5. The molecule has 0 saturated heterocycles. The Morgan fingerprint density at radius 3 is 2.32 bits per heavy atom. The number of aromatic nitrogens is 3. The molecule has 14 heteroatoms. The number of para-hydroxylation sites is 1. The van der Waals surface area contributed by atoms with Crippen LogP contribution in [0.15, 0.2) is 78.2 Å². The normalized spacial score (nSPS) is 27.2. The van der Waals surface area contributed by atoms with Crippen LogP contribution in [-0.4, -0.2) is 47.5 Å². The molecule has 0 spiro atoms. The number of benzene rings is 2. The number of allylic oxidation sites excluding steroid dienone is 4. The summed E-state index contributed by atoms with van der Waals surface area (Å²) in [5, 5.41) is 9.35. The van der Waals surface area contributed by atoms with Crippen LogP contribution in [0.2, 0.25) is 0 Å². The van der Waals surface area contributed by atoms with E-state index in [2.05, 4.69) is 15.9 Å². The second-order valence-corrected chi connectivity index (χ2v) is 12.7. The molecule has 1 aromatic heterocycles. The van der Waals surface area contributed by atoms with Gasteiger partial charge in [0.15, 0.2) is 23.1 Å². The van der Waals surface area contributed by atoms with Crippen molar-refractivity contribution >= 4 is 73.9 Å². The molecule has 212 valence electrons.